The number of anilines is 1. The molecule has 10 nitrogen and oxygen atoms in total. The number of amides is 2. The summed E-state index contributed by atoms with van der Waals surface area (Å²) in [5.41, 5.74) is 5.65. The largest absolute Gasteiger partial charge is 0.481 e. The lowest BCUT2D eigenvalue weighted by atomic mass is 9.94. The van der Waals surface area contributed by atoms with Gasteiger partial charge in [0.25, 0.3) is 0 Å². The summed E-state index contributed by atoms with van der Waals surface area (Å²) >= 11 is 0. The zero-order chi connectivity index (χ0) is 23.3. The van der Waals surface area contributed by atoms with Crippen LogP contribution in [0.3, 0.4) is 0 Å². The smallest absolute Gasteiger partial charge is 0.414 e. The van der Waals surface area contributed by atoms with Crippen molar-refractivity contribution in [2.45, 2.75) is 38.8 Å². The number of aliphatic carboxylic acids is 1. The molecule has 32 heavy (non-hydrogen) atoms. The van der Waals surface area contributed by atoms with Gasteiger partial charge in [0.1, 0.15) is 18.6 Å². The fourth-order valence-corrected chi connectivity index (χ4v) is 3.84. The summed E-state index contributed by atoms with van der Waals surface area (Å²) in [5.74, 6) is -1.71. The molecule has 1 aromatic rings. The number of cyclic esters (lactones) is 1. The van der Waals surface area contributed by atoms with E-state index in [1.807, 2.05) is 31.2 Å². The molecule has 3 rings (SSSR count). The van der Waals surface area contributed by atoms with Crippen LogP contribution in [-0.4, -0.2) is 72.2 Å². The van der Waals surface area contributed by atoms with E-state index in [1.54, 1.807) is 11.1 Å². The minimum absolute atomic E-state index is 0.183. The lowest BCUT2D eigenvalue weighted by Gasteiger charge is -2.33. The normalized spacial score (nSPS) is 21.1. The Morgan fingerprint density at radius 2 is 1.94 bits per heavy atom. The van der Waals surface area contributed by atoms with Crippen molar-refractivity contribution >= 4 is 35.0 Å². The van der Waals surface area contributed by atoms with Crippen LogP contribution >= 0.6 is 0 Å². The van der Waals surface area contributed by atoms with Crippen LogP contribution in [0.4, 0.5) is 10.5 Å². The molecule has 1 unspecified atom stereocenters. The van der Waals surface area contributed by atoms with E-state index in [4.69, 9.17) is 9.84 Å². The molecule has 172 valence electrons. The van der Waals surface area contributed by atoms with Crippen LogP contribution in [0.5, 0.6) is 0 Å². The number of rotatable bonds is 9. The molecular weight excluding hydrogens is 416 g/mol. The van der Waals surface area contributed by atoms with Crippen LogP contribution in [0.15, 0.2) is 30.3 Å². The van der Waals surface area contributed by atoms with Crippen LogP contribution in [0.1, 0.15) is 32.3 Å². The number of ketones is 1. The Bertz CT molecular complexity index is 914. The number of carboxylic acids is 1. The topological polar surface area (TPSA) is 128 Å². The fraction of sp³-hybridized carbons (Fsp3) is 0.455. The Labute approximate surface area is 186 Å². The van der Waals surface area contributed by atoms with Gasteiger partial charge in [0.05, 0.1) is 13.1 Å². The Balaban J connectivity index is 1.73. The maximum Gasteiger partial charge on any atom is 0.414 e. The first-order valence-corrected chi connectivity index (χ1v) is 10.6. The number of hydrogen-bond donors (Lipinski definition) is 3. The molecule has 1 saturated heterocycles. The van der Waals surface area contributed by atoms with Gasteiger partial charge in [-0.25, -0.2) is 9.80 Å². The third-order valence-corrected chi connectivity index (χ3v) is 5.34. The molecule has 0 aromatic heterocycles. The first-order chi connectivity index (χ1) is 15.3. The monoisotopic (exact) mass is 444 g/mol. The number of carboxylic acid groups (broad SMARTS) is 1. The zero-order valence-corrected chi connectivity index (χ0v) is 18.2. The quantitative estimate of drug-likeness (QED) is 0.485. The average molecular weight is 444 g/mol. The molecule has 10 heteroatoms. The zero-order valence-electron chi connectivity index (χ0n) is 18.2. The second kappa shape index (κ2) is 10.4. The first kappa shape index (κ1) is 23.4. The van der Waals surface area contributed by atoms with E-state index in [9.17, 15) is 19.2 Å². The standard InChI is InChI=1S/C22H28N4O6/c1-3-24-26-9-8-16(10-19(26)20(28)11-21(29)30)15-4-6-17(7-5-15)25-13-18(32-22(25)31)12-23-14(2)27/h4-7,10,18-19,24H,3,8-9,11-13H2,1-2H3,(H,23,27)(H,29,30)/t18-,19?/m0/s1. The summed E-state index contributed by atoms with van der Waals surface area (Å²) in [5, 5.41) is 13.4. The SMILES string of the molecule is CCNN1CCC(c2ccc(N3C[C@H](CNC(C)=O)OC3=O)cc2)=CC1C(=O)CC(=O)O. The second-order valence-electron chi connectivity index (χ2n) is 7.73. The van der Waals surface area contributed by atoms with E-state index in [-0.39, 0.29) is 18.2 Å². The van der Waals surface area contributed by atoms with E-state index in [0.29, 0.717) is 31.7 Å². The highest BCUT2D eigenvalue weighted by atomic mass is 16.6. The lowest BCUT2D eigenvalue weighted by Crippen LogP contribution is -2.51. The summed E-state index contributed by atoms with van der Waals surface area (Å²) in [4.78, 5) is 48.3. The van der Waals surface area contributed by atoms with Gasteiger partial charge in [-0.15, -0.1) is 0 Å². The summed E-state index contributed by atoms with van der Waals surface area (Å²) in [6.07, 6.45) is 1.08. The summed E-state index contributed by atoms with van der Waals surface area (Å²) in [6.45, 7) is 5.12. The van der Waals surface area contributed by atoms with E-state index < -0.39 is 30.6 Å². The highest BCUT2D eigenvalue weighted by molar-refractivity contribution is 5.99. The van der Waals surface area contributed by atoms with Crippen molar-refractivity contribution in [2.75, 3.05) is 31.1 Å². The Morgan fingerprint density at radius 1 is 1.22 bits per heavy atom. The molecule has 3 N–H and O–H groups in total. The summed E-state index contributed by atoms with van der Waals surface area (Å²) < 4.78 is 5.30. The number of Topliss-reactive ketones (excluding diaryl/α,β-unsaturated/α-hetero) is 1. The predicted octanol–water partition coefficient (Wildman–Crippen LogP) is 1.17. The summed E-state index contributed by atoms with van der Waals surface area (Å²) in [6, 6.07) is 6.71. The van der Waals surface area contributed by atoms with Crippen molar-refractivity contribution in [3.8, 4) is 0 Å². The number of hydrazine groups is 1. The molecule has 2 aliphatic heterocycles. The maximum atomic E-state index is 12.5. The number of ether oxygens (including phenoxy) is 1. The molecule has 2 atom stereocenters. The Morgan fingerprint density at radius 3 is 2.56 bits per heavy atom. The van der Waals surface area contributed by atoms with Gasteiger partial charge in [-0.1, -0.05) is 25.1 Å². The molecule has 2 heterocycles. The van der Waals surface area contributed by atoms with Crippen molar-refractivity contribution in [2.24, 2.45) is 0 Å². The van der Waals surface area contributed by atoms with Crippen molar-refractivity contribution in [3.63, 3.8) is 0 Å². The minimum atomic E-state index is -1.15. The number of carbonyl (C=O) groups is 4. The summed E-state index contributed by atoms with van der Waals surface area (Å²) in [7, 11) is 0. The fourth-order valence-electron chi connectivity index (χ4n) is 3.84. The van der Waals surface area contributed by atoms with Crippen LogP contribution in [0, 0.1) is 0 Å². The third kappa shape index (κ3) is 5.71. The number of nitrogens with one attached hydrogen (secondary N) is 2. The van der Waals surface area contributed by atoms with Gasteiger partial charge in [0.2, 0.25) is 5.91 Å². The van der Waals surface area contributed by atoms with Crippen LogP contribution in [0.25, 0.3) is 5.57 Å². The van der Waals surface area contributed by atoms with Crippen LogP contribution < -0.4 is 15.6 Å². The van der Waals surface area contributed by atoms with Crippen molar-refractivity contribution in [3.05, 3.63) is 35.9 Å². The number of benzene rings is 1. The molecule has 1 aromatic carbocycles. The Kier molecular flexibility index (Phi) is 7.60. The van der Waals surface area contributed by atoms with Crippen LogP contribution in [-0.2, 0) is 19.1 Å². The molecule has 0 aliphatic carbocycles. The van der Waals surface area contributed by atoms with Crippen molar-refractivity contribution < 1.29 is 29.0 Å². The van der Waals surface area contributed by atoms with Crippen molar-refractivity contribution in [1.82, 2.24) is 15.8 Å². The second-order valence-corrected chi connectivity index (χ2v) is 7.73. The molecule has 0 radical (unpaired) electrons. The number of hydrogen-bond acceptors (Lipinski definition) is 7. The van der Waals surface area contributed by atoms with E-state index in [0.717, 1.165) is 11.1 Å². The molecule has 0 bridgehead atoms. The van der Waals surface area contributed by atoms with Gasteiger partial charge in [0.15, 0.2) is 5.78 Å². The van der Waals surface area contributed by atoms with Gasteiger partial charge in [-0.05, 0) is 29.7 Å². The van der Waals surface area contributed by atoms with Gasteiger partial charge in [-0.3, -0.25) is 24.7 Å². The van der Waals surface area contributed by atoms with Crippen LogP contribution in [0.2, 0.25) is 0 Å². The molecule has 0 saturated carbocycles. The molecular formula is C22H28N4O6. The maximum absolute atomic E-state index is 12.5. The molecule has 2 amide bonds. The Hall–Kier alpha value is -3.24. The van der Waals surface area contributed by atoms with E-state index in [2.05, 4.69) is 10.7 Å². The van der Waals surface area contributed by atoms with Gasteiger partial charge in [-0.2, -0.15) is 0 Å². The van der Waals surface area contributed by atoms with Gasteiger partial charge in [0, 0.05) is 25.7 Å². The molecule has 0 spiro atoms. The third-order valence-electron chi connectivity index (χ3n) is 5.34. The molecule has 1 fully saturated rings. The van der Waals surface area contributed by atoms with Gasteiger partial charge < -0.3 is 15.2 Å². The van der Waals surface area contributed by atoms with Gasteiger partial charge >= 0.3 is 12.1 Å². The number of carbonyl (C=O) groups excluding carboxylic acids is 3. The van der Waals surface area contributed by atoms with E-state index >= 15 is 0 Å². The highest BCUT2D eigenvalue weighted by Crippen LogP contribution is 2.28. The molecule has 2 aliphatic rings. The number of nitrogens with zero attached hydrogens (tertiary/aromatic N) is 2. The average Bonchev–Trinajstić information content (AvgIpc) is 3.13. The minimum Gasteiger partial charge on any atom is -0.481 e. The van der Waals surface area contributed by atoms with Crippen molar-refractivity contribution in [1.29, 1.82) is 0 Å². The predicted molar refractivity (Wildman–Crippen MR) is 117 cm³/mol. The first-order valence-electron chi connectivity index (χ1n) is 10.6. The van der Waals surface area contributed by atoms with E-state index in [1.165, 1.54) is 11.8 Å². The lowest BCUT2D eigenvalue weighted by molar-refractivity contribution is -0.141. The highest BCUT2D eigenvalue weighted by Gasteiger charge is 2.33.